The van der Waals surface area contributed by atoms with E-state index in [0.717, 1.165) is 50.5 Å². The summed E-state index contributed by atoms with van der Waals surface area (Å²) in [5, 5.41) is 8.65. The van der Waals surface area contributed by atoms with Gasteiger partial charge in [0.05, 0.1) is 0 Å². The average Bonchev–Trinajstić information content (AvgIpc) is 3.74. The Labute approximate surface area is 337 Å². The van der Waals surface area contributed by atoms with Gasteiger partial charge in [0.15, 0.2) is 0 Å². The highest BCUT2D eigenvalue weighted by atomic mass is 16.3. The fourth-order valence-corrected chi connectivity index (χ4v) is 8.56. The molecule has 10 aromatic carbocycles. The first-order valence-electron chi connectivity index (χ1n) is 19.8. The van der Waals surface area contributed by atoms with E-state index in [1.54, 1.807) is 0 Å². The predicted octanol–water partition coefficient (Wildman–Crippen LogP) is 16.0. The number of fused-ring (bicyclic) bond motifs is 5. The first-order valence-corrected chi connectivity index (χ1v) is 19.8. The van der Waals surface area contributed by atoms with Crippen molar-refractivity contribution in [3.05, 3.63) is 224 Å². The molecule has 11 rings (SSSR count). The lowest BCUT2D eigenvalue weighted by Gasteiger charge is -2.26. The Morgan fingerprint density at radius 2 is 0.776 bits per heavy atom. The number of benzene rings is 10. The van der Waals surface area contributed by atoms with E-state index in [2.05, 4.69) is 211 Å². The molecule has 272 valence electrons. The smallest absolute Gasteiger partial charge is 0.136 e. The zero-order valence-electron chi connectivity index (χ0n) is 31.7. The number of anilines is 3. The van der Waals surface area contributed by atoms with Gasteiger partial charge < -0.3 is 9.32 Å². The molecule has 0 aliphatic heterocycles. The van der Waals surface area contributed by atoms with Gasteiger partial charge in [-0.1, -0.05) is 164 Å². The third-order valence-corrected chi connectivity index (χ3v) is 11.5. The van der Waals surface area contributed by atoms with E-state index in [4.69, 9.17) is 4.42 Å². The van der Waals surface area contributed by atoms with Gasteiger partial charge in [0, 0.05) is 28.0 Å². The quantitative estimate of drug-likeness (QED) is 0.151. The zero-order chi connectivity index (χ0) is 38.4. The van der Waals surface area contributed by atoms with E-state index in [-0.39, 0.29) is 0 Å². The molecule has 0 N–H and O–H groups in total. The summed E-state index contributed by atoms with van der Waals surface area (Å²) >= 11 is 0. The van der Waals surface area contributed by atoms with Crippen LogP contribution in [0.3, 0.4) is 0 Å². The second-order valence-corrected chi connectivity index (χ2v) is 14.9. The normalized spacial score (nSPS) is 11.4. The molecule has 11 aromatic rings. The predicted molar refractivity (Wildman–Crippen MR) is 245 cm³/mol. The van der Waals surface area contributed by atoms with E-state index in [0.29, 0.717) is 0 Å². The summed E-state index contributed by atoms with van der Waals surface area (Å²) in [6.45, 7) is 0. The Morgan fingerprint density at radius 1 is 0.276 bits per heavy atom. The Morgan fingerprint density at radius 3 is 1.47 bits per heavy atom. The number of rotatable bonds is 7. The maximum atomic E-state index is 6.33. The van der Waals surface area contributed by atoms with Crippen molar-refractivity contribution >= 4 is 60.3 Å². The molecule has 0 amide bonds. The van der Waals surface area contributed by atoms with Gasteiger partial charge in [0.1, 0.15) is 11.3 Å². The van der Waals surface area contributed by atoms with Gasteiger partial charge in [-0.15, -0.1) is 0 Å². The third kappa shape index (κ3) is 6.00. The van der Waals surface area contributed by atoms with Gasteiger partial charge >= 0.3 is 0 Å². The zero-order valence-corrected chi connectivity index (χ0v) is 31.7. The molecular formula is C56H37NO. The molecule has 0 fully saturated rings. The minimum absolute atomic E-state index is 0.869. The van der Waals surface area contributed by atoms with E-state index in [1.165, 1.54) is 54.6 Å². The van der Waals surface area contributed by atoms with Crippen LogP contribution in [0.25, 0.3) is 88.0 Å². The van der Waals surface area contributed by atoms with Crippen molar-refractivity contribution < 1.29 is 4.42 Å². The SMILES string of the molecule is c1ccc(-c2cc3ccccc3o2)c(-c2ccc(N(c3ccc(-c4ccc5ccccc5c4)cc3)c3ccc(-c4cc5ccccc5c5ccccc45)cc3)cc2)c1. The summed E-state index contributed by atoms with van der Waals surface area (Å²) in [5.74, 6) is 0.869. The molecule has 2 nitrogen and oxygen atoms in total. The van der Waals surface area contributed by atoms with E-state index >= 15 is 0 Å². The van der Waals surface area contributed by atoms with Crippen molar-refractivity contribution in [2.24, 2.45) is 0 Å². The second kappa shape index (κ2) is 14.1. The maximum absolute atomic E-state index is 6.33. The van der Waals surface area contributed by atoms with Crippen molar-refractivity contribution in [1.29, 1.82) is 0 Å². The maximum Gasteiger partial charge on any atom is 0.136 e. The lowest BCUT2D eigenvalue weighted by Crippen LogP contribution is -2.09. The van der Waals surface area contributed by atoms with Crippen LogP contribution in [-0.4, -0.2) is 0 Å². The molecule has 2 heteroatoms. The first kappa shape index (κ1) is 33.6. The number of para-hydroxylation sites is 1. The molecule has 0 spiro atoms. The fraction of sp³-hybridized carbons (Fsp3) is 0. The minimum atomic E-state index is 0.869. The molecule has 0 aliphatic rings. The molecule has 1 heterocycles. The van der Waals surface area contributed by atoms with E-state index in [1.807, 2.05) is 18.2 Å². The molecule has 0 radical (unpaired) electrons. The fourth-order valence-electron chi connectivity index (χ4n) is 8.56. The summed E-state index contributed by atoms with van der Waals surface area (Å²) in [5.41, 5.74) is 12.3. The van der Waals surface area contributed by atoms with Gasteiger partial charge in [0.25, 0.3) is 0 Å². The largest absolute Gasteiger partial charge is 0.456 e. The third-order valence-electron chi connectivity index (χ3n) is 11.5. The Bertz CT molecular complexity index is 3230. The van der Waals surface area contributed by atoms with Crippen LogP contribution >= 0.6 is 0 Å². The Hall–Kier alpha value is -7.68. The second-order valence-electron chi connectivity index (χ2n) is 14.9. The average molecular weight is 740 g/mol. The van der Waals surface area contributed by atoms with Crippen molar-refractivity contribution in [3.63, 3.8) is 0 Å². The molecule has 0 saturated carbocycles. The highest BCUT2D eigenvalue weighted by Gasteiger charge is 2.17. The van der Waals surface area contributed by atoms with Gasteiger partial charge in [-0.05, 0) is 126 Å². The molecule has 0 atom stereocenters. The lowest BCUT2D eigenvalue weighted by atomic mass is 9.93. The number of hydrogen-bond donors (Lipinski definition) is 0. The molecule has 0 aliphatic carbocycles. The van der Waals surface area contributed by atoms with E-state index < -0.39 is 0 Å². The van der Waals surface area contributed by atoms with Crippen molar-refractivity contribution in [1.82, 2.24) is 0 Å². The summed E-state index contributed by atoms with van der Waals surface area (Å²) < 4.78 is 6.33. The van der Waals surface area contributed by atoms with E-state index in [9.17, 15) is 0 Å². The summed E-state index contributed by atoms with van der Waals surface area (Å²) in [6.07, 6.45) is 0. The molecule has 0 unspecified atom stereocenters. The van der Waals surface area contributed by atoms with Crippen LogP contribution in [0.2, 0.25) is 0 Å². The van der Waals surface area contributed by atoms with Crippen LogP contribution in [0.5, 0.6) is 0 Å². The summed E-state index contributed by atoms with van der Waals surface area (Å²) in [6, 6.07) is 80.7. The van der Waals surface area contributed by atoms with Crippen LogP contribution in [-0.2, 0) is 0 Å². The van der Waals surface area contributed by atoms with Gasteiger partial charge in [-0.2, -0.15) is 0 Å². The van der Waals surface area contributed by atoms with Crippen molar-refractivity contribution in [2.75, 3.05) is 4.90 Å². The van der Waals surface area contributed by atoms with Crippen LogP contribution in [0, 0.1) is 0 Å². The highest BCUT2D eigenvalue weighted by Crippen LogP contribution is 2.41. The molecule has 0 saturated heterocycles. The molecule has 0 bridgehead atoms. The van der Waals surface area contributed by atoms with Crippen LogP contribution in [0.4, 0.5) is 17.1 Å². The molecule has 58 heavy (non-hydrogen) atoms. The first-order chi connectivity index (χ1) is 28.7. The standard InChI is InChI=1S/C56H37NO/c1-2-12-42-35-43(22-21-38(42)11-1)39-23-29-46(30-24-39)57(48-33-27-41(28-34-48)54-36-44-13-3-5-16-50(44)51-17-7-8-18-52(51)54)47-31-25-40(26-32-47)49-15-6-9-19-53(49)56-37-45-14-4-10-20-55(45)58-56/h1-37H. The highest BCUT2D eigenvalue weighted by molar-refractivity contribution is 6.13. The van der Waals surface area contributed by atoms with Crippen LogP contribution < -0.4 is 4.90 Å². The van der Waals surface area contributed by atoms with Gasteiger partial charge in [-0.25, -0.2) is 0 Å². The van der Waals surface area contributed by atoms with Crippen molar-refractivity contribution in [3.8, 4) is 44.7 Å². The topological polar surface area (TPSA) is 16.4 Å². The van der Waals surface area contributed by atoms with Crippen molar-refractivity contribution in [2.45, 2.75) is 0 Å². The monoisotopic (exact) mass is 739 g/mol. The van der Waals surface area contributed by atoms with Gasteiger partial charge in [-0.3, -0.25) is 0 Å². The molecular weight excluding hydrogens is 703 g/mol. The van der Waals surface area contributed by atoms with Crippen LogP contribution in [0.1, 0.15) is 0 Å². The summed E-state index contributed by atoms with van der Waals surface area (Å²) in [7, 11) is 0. The molecule has 1 aromatic heterocycles. The van der Waals surface area contributed by atoms with Crippen LogP contribution in [0.15, 0.2) is 229 Å². The van der Waals surface area contributed by atoms with Gasteiger partial charge in [0.2, 0.25) is 0 Å². The summed E-state index contributed by atoms with van der Waals surface area (Å²) in [4.78, 5) is 2.35. The number of hydrogen-bond acceptors (Lipinski definition) is 2. The number of nitrogens with zero attached hydrogens (tertiary/aromatic N) is 1. The Kier molecular flexibility index (Phi) is 8.19. The minimum Gasteiger partial charge on any atom is -0.456 e. The Balaban J connectivity index is 0.992. The number of furan rings is 1. The lowest BCUT2D eigenvalue weighted by molar-refractivity contribution is 0.632.